The number of likely N-dealkylation sites (tertiary alicyclic amines) is 1. The Labute approximate surface area is 170 Å². The molecule has 1 aliphatic rings. The van der Waals surface area contributed by atoms with Crippen molar-refractivity contribution in [3.63, 3.8) is 0 Å². The molecule has 1 aromatic rings. The highest BCUT2D eigenvalue weighted by atomic mass is 127. The van der Waals surface area contributed by atoms with Crippen molar-refractivity contribution in [3.8, 4) is 0 Å². The van der Waals surface area contributed by atoms with Crippen LogP contribution in [0.5, 0.6) is 0 Å². The molecule has 0 atom stereocenters. The van der Waals surface area contributed by atoms with Gasteiger partial charge in [0, 0.05) is 39.3 Å². The van der Waals surface area contributed by atoms with E-state index in [4.69, 9.17) is 0 Å². The third-order valence-electron chi connectivity index (χ3n) is 4.47. The van der Waals surface area contributed by atoms with Gasteiger partial charge in [-0.05, 0) is 38.7 Å². The molecule has 0 spiro atoms. The van der Waals surface area contributed by atoms with E-state index < -0.39 is 0 Å². The van der Waals surface area contributed by atoms with Gasteiger partial charge in [0.15, 0.2) is 5.96 Å². The fourth-order valence-corrected chi connectivity index (χ4v) is 3.09. The van der Waals surface area contributed by atoms with Crippen LogP contribution in [-0.2, 0) is 6.42 Å². The molecule has 25 heavy (non-hydrogen) atoms. The molecule has 0 aromatic heterocycles. The zero-order valence-electron chi connectivity index (χ0n) is 15.8. The molecule has 0 amide bonds. The first-order chi connectivity index (χ1) is 11.6. The Morgan fingerprint density at radius 3 is 2.44 bits per heavy atom. The van der Waals surface area contributed by atoms with Gasteiger partial charge in [-0.3, -0.25) is 9.89 Å². The number of piperidine rings is 1. The summed E-state index contributed by atoms with van der Waals surface area (Å²) in [6.45, 7) is 12.4. The highest BCUT2D eigenvalue weighted by Gasteiger charge is 2.19. The average molecular weight is 456 g/mol. The predicted octanol–water partition coefficient (Wildman–Crippen LogP) is 3.36. The number of guanidine groups is 1. The second-order valence-electron chi connectivity index (χ2n) is 6.89. The van der Waals surface area contributed by atoms with Crippen LogP contribution in [0, 0.1) is 6.92 Å². The predicted molar refractivity (Wildman–Crippen MR) is 119 cm³/mol. The number of hydrogen-bond donors (Lipinski definition) is 2. The van der Waals surface area contributed by atoms with Crippen molar-refractivity contribution in [2.24, 2.45) is 4.99 Å². The fraction of sp³-hybridized carbons (Fsp3) is 0.550. The number of nitrogens with one attached hydrogen (secondary N) is 2. The molecule has 0 bridgehead atoms. The van der Waals surface area contributed by atoms with E-state index in [9.17, 15) is 0 Å². The molecule has 1 aromatic carbocycles. The van der Waals surface area contributed by atoms with Crippen LogP contribution >= 0.6 is 24.0 Å². The van der Waals surface area contributed by atoms with Crippen molar-refractivity contribution in [2.75, 3.05) is 33.2 Å². The van der Waals surface area contributed by atoms with Crippen LogP contribution in [0.1, 0.15) is 30.9 Å². The summed E-state index contributed by atoms with van der Waals surface area (Å²) in [4.78, 5) is 6.84. The lowest BCUT2D eigenvalue weighted by molar-refractivity contribution is 0.221. The first-order valence-corrected chi connectivity index (χ1v) is 8.96. The lowest BCUT2D eigenvalue weighted by Gasteiger charge is -2.33. The largest absolute Gasteiger partial charge is 0.356 e. The number of hydrogen-bond acceptors (Lipinski definition) is 2. The highest BCUT2D eigenvalue weighted by molar-refractivity contribution is 14.0. The van der Waals surface area contributed by atoms with Crippen molar-refractivity contribution in [1.29, 1.82) is 0 Å². The van der Waals surface area contributed by atoms with E-state index in [-0.39, 0.29) is 24.0 Å². The summed E-state index contributed by atoms with van der Waals surface area (Å²) >= 11 is 0. The van der Waals surface area contributed by atoms with Crippen LogP contribution in [0.15, 0.2) is 41.4 Å². The number of aryl methyl sites for hydroxylation is 1. The lowest BCUT2D eigenvalue weighted by Crippen LogP contribution is -2.49. The molecule has 140 valence electrons. The summed E-state index contributed by atoms with van der Waals surface area (Å²) in [7, 11) is 1.84. The molecule has 0 aliphatic carbocycles. The van der Waals surface area contributed by atoms with Crippen molar-refractivity contribution in [1.82, 2.24) is 15.5 Å². The van der Waals surface area contributed by atoms with Gasteiger partial charge in [0.25, 0.3) is 0 Å². The summed E-state index contributed by atoms with van der Waals surface area (Å²) in [5, 5.41) is 7.00. The molecule has 5 heteroatoms. The Morgan fingerprint density at radius 1 is 1.24 bits per heavy atom. The van der Waals surface area contributed by atoms with Gasteiger partial charge < -0.3 is 10.6 Å². The van der Waals surface area contributed by atoms with Gasteiger partial charge >= 0.3 is 0 Å². The van der Waals surface area contributed by atoms with Crippen molar-refractivity contribution >= 4 is 29.9 Å². The molecule has 0 radical (unpaired) electrons. The van der Waals surface area contributed by atoms with Gasteiger partial charge in [-0.15, -0.1) is 24.0 Å². The van der Waals surface area contributed by atoms with E-state index in [0.29, 0.717) is 6.04 Å². The van der Waals surface area contributed by atoms with Crippen LogP contribution in [0.4, 0.5) is 0 Å². The van der Waals surface area contributed by atoms with Crippen LogP contribution in [0.3, 0.4) is 0 Å². The molecule has 4 nitrogen and oxygen atoms in total. The third-order valence-corrected chi connectivity index (χ3v) is 4.47. The van der Waals surface area contributed by atoms with Gasteiger partial charge in [0.1, 0.15) is 0 Å². The molecule has 2 rings (SSSR count). The van der Waals surface area contributed by atoms with E-state index in [0.717, 1.165) is 51.4 Å². The Bertz CT molecular complexity index is 545. The zero-order chi connectivity index (χ0) is 17.4. The minimum absolute atomic E-state index is 0. The van der Waals surface area contributed by atoms with E-state index in [1.807, 2.05) is 7.05 Å². The monoisotopic (exact) mass is 456 g/mol. The van der Waals surface area contributed by atoms with Crippen molar-refractivity contribution in [2.45, 2.75) is 39.2 Å². The van der Waals surface area contributed by atoms with Crippen LogP contribution in [-0.4, -0.2) is 50.1 Å². The molecule has 2 N–H and O–H groups in total. The number of nitrogens with zero attached hydrogens (tertiary/aromatic N) is 2. The Kier molecular flexibility index (Phi) is 10.1. The van der Waals surface area contributed by atoms with Crippen LogP contribution in [0.25, 0.3) is 0 Å². The Hall–Kier alpha value is -1.08. The Morgan fingerprint density at radius 2 is 1.88 bits per heavy atom. The van der Waals surface area contributed by atoms with Gasteiger partial charge in [0.05, 0.1) is 0 Å². The number of benzene rings is 1. The molecular weight excluding hydrogens is 423 g/mol. The van der Waals surface area contributed by atoms with Crippen LogP contribution in [0.2, 0.25) is 0 Å². The number of halogens is 1. The maximum absolute atomic E-state index is 4.36. The number of aliphatic imine (C=N–C) groups is 1. The standard InChI is InChI=1S/C20H32N4.HI/c1-16(2)15-24-13-10-19(11-14-24)23-20(21-4)22-12-9-18-7-5-17(3)6-8-18;/h5-8,19H,1,9-15H2,2-4H3,(H2,21,22,23);1H. The molecule has 1 heterocycles. The minimum Gasteiger partial charge on any atom is -0.356 e. The first kappa shape index (κ1) is 22.0. The number of rotatable bonds is 6. The fourth-order valence-electron chi connectivity index (χ4n) is 3.09. The summed E-state index contributed by atoms with van der Waals surface area (Å²) in [6.07, 6.45) is 3.33. The highest BCUT2D eigenvalue weighted by Crippen LogP contribution is 2.11. The maximum Gasteiger partial charge on any atom is 0.191 e. The summed E-state index contributed by atoms with van der Waals surface area (Å²) < 4.78 is 0. The molecule has 1 saturated heterocycles. The van der Waals surface area contributed by atoms with Crippen molar-refractivity contribution < 1.29 is 0 Å². The van der Waals surface area contributed by atoms with E-state index in [2.05, 4.69) is 65.2 Å². The summed E-state index contributed by atoms with van der Waals surface area (Å²) in [5.74, 6) is 0.917. The Balaban J connectivity index is 0.00000312. The quantitative estimate of drug-likeness (QED) is 0.299. The van der Waals surface area contributed by atoms with Gasteiger partial charge in [-0.2, -0.15) is 0 Å². The summed E-state index contributed by atoms with van der Waals surface area (Å²) in [6, 6.07) is 9.24. The molecular formula is C20H33IN4. The molecule has 0 unspecified atom stereocenters. The SMILES string of the molecule is C=C(C)CN1CCC(NC(=NC)NCCc2ccc(C)cc2)CC1.I. The van der Waals surface area contributed by atoms with Gasteiger partial charge in [0.2, 0.25) is 0 Å². The smallest absolute Gasteiger partial charge is 0.191 e. The van der Waals surface area contributed by atoms with E-state index in [1.165, 1.54) is 16.7 Å². The van der Waals surface area contributed by atoms with E-state index >= 15 is 0 Å². The maximum atomic E-state index is 4.36. The topological polar surface area (TPSA) is 39.7 Å². The summed E-state index contributed by atoms with van der Waals surface area (Å²) in [5.41, 5.74) is 3.91. The zero-order valence-corrected chi connectivity index (χ0v) is 18.2. The average Bonchev–Trinajstić information content (AvgIpc) is 2.57. The molecule has 0 saturated carbocycles. The second kappa shape index (κ2) is 11.5. The third kappa shape index (κ3) is 8.23. The second-order valence-corrected chi connectivity index (χ2v) is 6.89. The van der Waals surface area contributed by atoms with Crippen LogP contribution < -0.4 is 10.6 Å². The van der Waals surface area contributed by atoms with Crippen molar-refractivity contribution in [3.05, 3.63) is 47.5 Å². The van der Waals surface area contributed by atoms with Gasteiger partial charge in [-0.25, -0.2) is 0 Å². The first-order valence-electron chi connectivity index (χ1n) is 8.96. The van der Waals surface area contributed by atoms with Gasteiger partial charge in [-0.1, -0.05) is 42.0 Å². The molecule has 1 fully saturated rings. The lowest BCUT2D eigenvalue weighted by atomic mass is 10.0. The normalized spacial score (nSPS) is 16.2. The van der Waals surface area contributed by atoms with E-state index in [1.54, 1.807) is 0 Å². The molecule has 1 aliphatic heterocycles. The minimum atomic E-state index is 0.